The minimum Gasteiger partial charge on any atom is -0.508 e. The van der Waals surface area contributed by atoms with Crippen molar-refractivity contribution in [2.45, 2.75) is 19.9 Å². The predicted octanol–water partition coefficient (Wildman–Crippen LogP) is 4.23. The molecule has 1 aromatic heterocycles. The lowest BCUT2D eigenvalue weighted by atomic mass is 9.95. The molecule has 3 aromatic rings. The Hall–Kier alpha value is -3.52. The molecule has 0 aliphatic carbocycles. The number of hydrogen-bond acceptors (Lipinski definition) is 6. The number of nitrogens with zero attached hydrogens (tertiary/aromatic N) is 2. The van der Waals surface area contributed by atoms with E-state index < -0.39 is 29.3 Å². The standard InChI is InChI=1S/C22H17FN2O4S/c1-11-12(2)30-22(24-11)25-18(13-5-9-16(26)10-6-13)17(20(28)21(25)29)19(27)14-3-7-15(23)8-4-14/h3-10,18,26-27H,1-2H3/t18-/m0/s1. The molecule has 0 spiro atoms. The van der Waals surface area contributed by atoms with Crippen molar-refractivity contribution in [2.24, 2.45) is 0 Å². The number of halogens is 1. The molecule has 1 aliphatic heterocycles. The van der Waals surface area contributed by atoms with Crippen LogP contribution in [0.2, 0.25) is 0 Å². The number of hydrogen-bond donors (Lipinski definition) is 2. The molecule has 0 radical (unpaired) electrons. The van der Waals surface area contributed by atoms with Gasteiger partial charge in [0.25, 0.3) is 5.78 Å². The SMILES string of the molecule is Cc1nc(N2C(=O)C(=O)C(=C(O)c3ccc(F)cc3)[C@@H]2c2ccc(O)cc2)sc1C. The van der Waals surface area contributed by atoms with E-state index >= 15 is 0 Å². The molecule has 2 heterocycles. The number of phenols is 1. The van der Waals surface area contributed by atoms with Crippen molar-refractivity contribution in [2.75, 3.05) is 4.90 Å². The number of aliphatic hydroxyl groups is 1. The number of Topliss-reactive ketones (excluding diaryl/α,β-unsaturated/α-hetero) is 1. The zero-order chi connectivity index (χ0) is 21.6. The average molecular weight is 424 g/mol. The molecule has 1 atom stereocenters. The molecule has 1 aliphatic rings. The van der Waals surface area contributed by atoms with Crippen molar-refractivity contribution >= 4 is 33.9 Å². The highest BCUT2D eigenvalue weighted by Gasteiger charge is 2.48. The van der Waals surface area contributed by atoms with Gasteiger partial charge in [-0.2, -0.15) is 0 Å². The summed E-state index contributed by atoms with van der Waals surface area (Å²) in [6, 6.07) is 10.1. The summed E-state index contributed by atoms with van der Waals surface area (Å²) in [7, 11) is 0. The first-order valence-corrected chi connectivity index (χ1v) is 9.89. The summed E-state index contributed by atoms with van der Waals surface area (Å²) in [6.45, 7) is 3.67. The lowest BCUT2D eigenvalue weighted by molar-refractivity contribution is -0.132. The van der Waals surface area contributed by atoms with Gasteiger partial charge in [0.2, 0.25) is 0 Å². The Morgan fingerprint density at radius 1 is 1.07 bits per heavy atom. The maximum Gasteiger partial charge on any atom is 0.301 e. The zero-order valence-corrected chi connectivity index (χ0v) is 16.9. The molecule has 1 fully saturated rings. The Balaban J connectivity index is 1.94. The van der Waals surface area contributed by atoms with Crippen molar-refractivity contribution in [3.8, 4) is 5.75 Å². The Labute approximate surface area is 175 Å². The Kier molecular flexibility index (Phi) is 4.87. The predicted molar refractivity (Wildman–Crippen MR) is 111 cm³/mol. The average Bonchev–Trinajstić information content (AvgIpc) is 3.18. The summed E-state index contributed by atoms with van der Waals surface area (Å²) in [5.41, 5.74) is 1.34. The Bertz CT molecular complexity index is 1160. The van der Waals surface area contributed by atoms with Gasteiger partial charge in [0.1, 0.15) is 17.3 Å². The normalized spacial score (nSPS) is 18.2. The van der Waals surface area contributed by atoms with Crippen LogP contribution in [0.25, 0.3) is 5.76 Å². The number of amides is 1. The number of phenolic OH excluding ortho intramolecular Hbond substituents is 1. The Morgan fingerprint density at radius 3 is 2.27 bits per heavy atom. The van der Waals surface area contributed by atoms with Crippen LogP contribution in [0.15, 0.2) is 54.1 Å². The highest BCUT2D eigenvalue weighted by molar-refractivity contribution is 7.16. The number of thiazole rings is 1. The van der Waals surface area contributed by atoms with Crippen molar-refractivity contribution in [1.29, 1.82) is 0 Å². The highest BCUT2D eigenvalue weighted by Crippen LogP contribution is 2.43. The molecule has 4 rings (SSSR count). The summed E-state index contributed by atoms with van der Waals surface area (Å²) >= 11 is 1.27. The third kappa shape index (κ3) is 3.25. The first-order valence-electron chi connectivity index (χ1n) is 9.08. The maximum atomic E-state index is 13.3. The highest BCUT2D eigenvalue weighted by atomic mass is 32.1. The molecule has 0 saturated carbocycles. The minimum absolute atomic E-state index is 0.0233. The van der Waals surface area contributed by atoms with Crippen molar-refractivity contribution in [3.05, 3.63) is 81.6 Å². The lowest BCUT2D eigenvalue weighted by Gasteiger charge is -2.23. The van der Waals surface area contributed by atoms with Crippen LogP contribution in [0.1, 0.15) is 27.7 Å². The van der Waals surface area contributed by atoms with Crippen LogP contribution in [0.3, 0.4) is 0 Å². The van der Waals surface area contributed by atoms with Crippen LogP contribution in [0, 0.1) is 19.7 Å². The number of carbonyl (C=O) groups is 2. The molecule has 152 valence electrons. The molecule has 0 unspecified atom stereocenters. The molecule has 1 saturated heterocycles. The quantitative estimate of drug-likeness (QED) is 0.373. The number of benzene rings is 2. The summed E-state index contributed by atoms with van der Waals surface area (Å²) in [6.07, 6.45) is 0. The van der Waals surface area contributed by atoms with Crippen LogP contribution < -0.4 is 4.90 Å². The monoisotopic (exact) mass is 424 g/mol. The molecule has 0 bridgehead atoms. The number of anilines is 1. The number of rotatable bonds is 3. The van der Waals surface area contributed by atoms with Gasteiger partial charge in [0.05, 0.1) is 17.3 Å². The molecule has 30 heavy (non-hydrogen) atoms. The van der Waals surface area contributed by atoms with Gasteiger partial charge in [0, 0.05) is 10.4 Å². The Morgan fingerprint density at radius 2 is 1.70 bits per heavy atom. The topological polar surface area (TPSA) is 90.7 Å². The first kappa shape index (κ1) is 19.8. The number of aromatic hydroxyl groups is 1. The second-order valence-corrected chi connectivity index (χ2v) is 8.09. The van der Waals surface area contributed by atoms with Gasteiger partial charge in [-0.25, -0.2) is 9.37 Å². The van der Waals surface area contributed by atoms with E-state index in [4.69, 9.17) is 0 Å². The van der Waals surface area contributed by atoms with Crippen LogP contribution in [0.4, 0.5) is 9.52 Å². The summed E-state index contributed by atoms with van der Waals surface area (Å²) in [4.78, 5) is 32.5. The fourth-order valence-corrected chi connectivity index (χ4v) is 4.26. The number of aryl methyl sites for hydroxylation is 2. The largest absolute Gasteiger partial charge is 0.508 e. The number of carbonyl (C=O) groups excluding carboxylic acids is 2. The summed E-state index contributed by atoms with van der Waals surface area (Å²) in [5.74, 6) is -2.55. The fourth-order valence-electron chi connectivity index (χ4n) is 3.32. The third-order valence-corrected chi connectivity index (χ3v) is 6.07. The van der Waals surface area contributed by atoms with E-state index in [2.05, 4.69) is 4.98 Å². The van der Waals surface area contributed by atoms with Crippen LogP contribution in [-0.2, 0) is 9.59 Å². The smallest absolute Gasteiger partial charge is 0.301 e. The zero-order valence-electron chi connectivity index (χ0n) is 16.1. The second-order valence-electron chi connectivity index (χ2n) is 6.91. The minimum atomic E-state index is -0.944. The summed E-state index contributed by atoms with van der Waals surface area (Å²) < 4.78 is 13.3. The van der Waals surface area contributed by atoms with Gasteiger partial charge in [-0.05, 0) is 55.8 Å². The second kappa shape index (κ2) is 7.38. The fraction of sp³-hybridized carbons (Fsp3) is 0.136. The van der Waals surface area contributed by atoms with E-state index in [9.17, 15) is 24.2 Å². The van der Waals surface area contributed by atoms with Crippen LogP contribution in [0.5, 0.6) is 5.75 Å². The van der Waals surface area contributed by atoms with Gasteiger partial charge in [0.15, 0.2) is 5.13 Å². The summed E-state index contributed by atoms with van der Waals surface area (Å²) in [5, 5.41) is 20.9. The number of ketones is 1. The molecular weight excluding hydrogens is 407 g/mol. The lowest BCUT2D eigenvalue weighted by Crippen LogP contribution is -2.29. The number of aromatic nitrogens is 1. The van der Waals surface area contributed by atoms with E-state index in [1.807, 2.05) is 6.92 Å². The molecule has 8 heteroatoms. The molecule has 1 amide bonds. The molecular formula is C22H17FN2O4S. The van der Waals surface area contributed by atoms with Gasteiger partial charge in [-0.15, -0.1) is 11.3 Å². The molecule has 2 N–H and O–H groups in total. The van der Waals surface area contributed by atoms with Gasteiger partial charge in [-0.1, -0.05) is 12.1 Å². The van der Waals surface area contributed by atoms with E-state index in [0.29, 0.717) is 10.7 Å². The van der Waals surface area contributed by atoms with Crippen LogP contribution in [-0.4, -0.2) is 26.9 Å². The van der Waals surface area contributed by atoms with Crippen molar-refractivity contribution in [3.63, 3.8) is 0 Å². The van der Waals surface area contributed by atoms with E-state index in [1.54, 1.807) is 19.1 Å². The molecule has 2 aromatic carbocycles. The third-order valence-electron chi connectivity index (χ3n) is 4.99. The van der Waals surface area contributed by atoms with Gasteiger partial charge >= 0.3 is 5.91 Å². The van der Waals surface area contributed by atoms with Crippen molar-refractivity contribution in [1.82, 2.24) is 4.98 Å². The van der Waals surface area contributed by atoms with E-state index in [0.717, 1.165) is 22.7 Å². The van der Waals surface area contributed by atoms with E-state index in [1.165, 1.54) is 40.5 Å². The van der Waals surface area contributed by atoms with Gasteiger partial charge in [-0.3, -0.25) is 14.5 Å². The molecule has 6 nitrogen and oxygen atoms in total. The maximum absolute atomic E-state index is 13.3. The van der Waals surface area contributed by atoms with Gasteiger partial charge < -0.3 is 10.2 Å². The number of aliphatic hydroxyl groups excluding tert-OH is 1. The van der Waals surface area contributed by atoms with Crippen LogP contribution >= 0.6 is 11.3 Å². The van der Waals surface area contributed by atoms with Crippen molar-refractivity contribution < 1.29 is 24.2 Å². The first-order chi connectivity index (χ1) is 14.3. The van der Waals surface area contributed by atoms with E-state index in [-0.39, 0.29) is 16.9 Å².